The normalized spacial score (nSPS) is 13.7. The molecule has 0 atom stereocenters. The molecular formula is C20H18FN5O2S. The predicted octanol–water partition coefficient (Wildman–Crippen LogP) is 3.47. The van der Waals surface area contributed by atoms with Gasteiger partial charge < -0.3 is 10.2 Å². The second-order valence-electron chi connectivity index (χ2n) is 6.48. The average Bonchev–Trinajstić information content (AvgIpc) is 3.36. The number of nitrogens with one attached hydrogen (secondary N) is 2. The van der Waals surface area contributed by atoms with Crippen molar-refractivity contribution < 1.29 is 14.0 Å². The number of amides is 2. The Morgan fingerprint density at radius 3 is 2.72 bits per heavy atom. The number of H-pyrrole nitrogens is 1. The minimum absolute atomic E-state index is 0.112. The minimum Gasteiger partial charge on any atom is -0.325 e. The van der Waals surface area contributed by atoms with Crippen molar-refractivity contribution in [2.24, 2.45) is 0 Å². The molecule has 2 aromatic carbocycles. The fourth-order valence-corrected chi connectivity index (χ4v) is 3.66. The molecule has 1 aromatic heterocycles. The Morgan fingerprint density at radius 2 is 2.00 bits per heavy atom. The highest BCUT2D eigenvalue weighted by molar-refractivity contribution is 7.99. The van der Waals surface area contributed by atoms with E-state index in [-0.39, 0.29) is 17.6 Å². The van der Waals surface area contributed by atoms with Crippen LogP contribution < -0.4 is 10.2 Å². The van der Waals surface area contributed by atoms with E-state index in [4.69, 9.17) is 0 Å². The van der Waals surface area contributed by atoms with Crippen LogP contribution in [0.15, 0.2) is 53.7 Å². The molecule has 0 bridgehead atoms. The van der Waals surface area contributed by atoms with Gasteiger partial charge in [-0.05, 0) is 42.8 Å². The average molecular weight is 411 g/mol. The minimum atomic E-state index is -0.392. The number of hydrogen-bond acceptors (Lipinski definition) is 5. The highest BCUT2D eigenvalue weighted by Crippen LogP contribution is 2.24. The lowest BCUT2D eigenvalue weighted by molar-refractivity contribution is -0.117. The van der Waals surface area contributed by atoms with Crippen molar-refractivity contribution in [3.8, 4) is 11.4 Å². The van der Waals surface area contributed by atoms with Crippen LogP contribution in [0.5, 0.6) is 0 Å². The number of anilines is 2. The molecule has 0 unspecified atom stereocenters. The zero-order valence-electron chi connectivity index (χ0n) is 15.4. The lowest BCUT2D eigenvalue weighted by atomic mass is 10.2. The van der Waals surface area contributed by atoms with Crippen LogP contribution in [0, 0.1) is 5.82 Å². The first-order valence-electron chi connectivity index (χ1n) is 9.10. The zero-order valence-corrected chi connectivity index (χ0v) is 16.2. The standard InChI is InChI=1S/C20H18FN5O2S/c21-16-5-2-1-4-15(16)19-23-20(25-24-19)29-12-17(27)22-13-7-9-14(10-8-13)26-11-3-6-18(26)28/h1-2,4-5,7-10H,3,6,11-12H2,(H,22,27)(H,23,24,25). The number of hydrogen-bond donors (Lipinski definition) is 2. The Kier molecular flexibility index (Phi) is 5.57. The van der Waals surface area contributed by atoms with Gasteiger partial charge in [-0.25, -0.2) is 9.37 Å². The van der Waals surface area contributed by atoms with E-state index in [9.17, 15) is 14.0 Å². The SMILES string of the molecule is O=C(CSc1n[nH]c(-c2ccccc2F)n1)Nc1ccc(N2CCCC2=O)cc1. The van der Waals surface area contributed by atoms with Crippen molar-refractivity contribution >= 4 is 35.0 Å². The summed E-state index contributed by atoms with van der Waals surface area (Å²) < 4.78 is 13.8. The first-order chi connectivity index (χ1) is 14.1. The largest absolute Gasteiger partial charge is 0.325 e. The molecular weight excluding hydrogens is 393 g/mol. The molecule has 29 heavy (non-hydrogen) atoms. The van der Waals surface area contributed by atoms with E-state index in [1.165, 1.54) is 6.07 Å². The van der Waals surface area contributed by atoms with Gasteiger partial charge in [0.2, 0.25) is 17.0 Å². The van der Waals surface area contributed by atoms with E-state index in [2.05, 4.69) is 20.5 Å². The van der Waals surface area contributed by atoms with Crippen molar-refractivity contribution in [3.05, 3.63) is 54.3 Å². The molecule has 1 aliphatic rings. The van der Waals surface area contributed by atoms with Gasteiger partial charge in [-0.15, -0.1) is 5.10 Å². The molecule has 3 aromatic rings. The number of nitrogens with zero attached hydrogens (tertiary/aromatic N) is 3. The summed E-state index contributed by atoms with van der Waals surface area (Å²) in [6, 6.07) is 13.5. The van der Waals surface area contributed by atoms with E-state index in [1.54, 1.807) is 35.2 Å². The number of benzene rings is 2. The molecule has 148 valence electrons. The maximum Gasteiger partial charge on any atom is 0.234 e. The van der Waals surface area contributed by atoms with Crippen molar-refractivity contribution in [1.29, 1.82) is 0 Å². The summed E-state index contributed by atoms with van der Waals surface area (Å²) >= 11 is 1.15. The molecule has 1 saturated heterocycles. The molecule has 0 spiro atoms. The second-order valence-corrected chi connectivity index (χ2v) is 7.42. The maximum absolute atomic E-state index is 13.8. The molecule has 4 rings (SSSR count). The third kappa shape index (κ3) is 4.45. The Balaban J connectivity index is 1.31. The third-order valence-electron chi connectivity index (χ3n) is 4.46. The molecule has 0 saturated carbocycles. The van der Waals surface area contributed by atoms with E-state index in [1.807, 2.05) is 12.1 Å². The monoisotopic (exact) mass is 411 g/mol. The van der Waals surface area contributed by atoms with Crippen LogP contribution in [0.3, 0.4) is 0 Å². The summed E-state index contributed by atoms with van der Waals surface area (Å²) in [7, 11) is 0. The van der Waals surface area contributed by atoms with E-state index >= 15 is 0 Å². The van der Waals surface area contributed by atoms with Crippen LogP contribution in [0.4, 0.5) is 15.8 Å². The maximum atomic E-state index is 13.8. The van der Waals surface area contributed by atoms with Crippen LogP contribution in [0.1, 0.15) is 12.8 Å². The molecule has 1 fully saturated rings. The first kappa shape index (κ1) is 19.1. The van der Waals surface area contributed by atoms with Crippen molar-refractivity contribution in [2.45, 2.75) is 18.0 Å². The third-order valence-corrected chi connectivity index (χ3v) is 5.31. The van der Waals surface area contributed by atoms with Gasteiger partial charge in [0.1, 0.15) is 5.82 Å². The Bertz CT molecular complexity index is 1040. The van der Waals surface area contributed by atoms with Gasteiger partial charge in [-0.1, -0.05) is 23.9 Å². The van der Waals surface area contributed by atoms with Gasteiger partial charge in [0, 0.05) is 24.3 Å². The van der Waals surface area contributed by atoms with Crippen LogP contribution >= 0.6 is 11.8 Å². The molecule has 9 heteroatoms. The molecule has 2 heterocycles. The van der Waals surface area contributed by atoms with Gasteiger partial charge in [0.25, 0.3) is 0 Å². The van der Waals surface area contributed by atoms with E-state index in [0.29, 0.717) is 28.7 Å². The summed E-state index contributed by atoms with van der Waals surface area (Å²) in [6.07, 6.45) is 1.45. The predicted molar refractivity (Wildman–Crippen MR) is 109 cm³/mol. The number of carbonyl (C=O) groups excluding carboxylic acids is 2. The van der Waals surface area contributed by atoms with Crippen LogP contribution in [-0.2, 0) is 9.59 Å². The number of aromatic amines is 1. The molecule has 2 amide bonds. The van der Waals surface area contributed by atoms with Gasteiger partial charge in [0.15, 0.2) is 5.82 Å². The topological polar surface area (TPSA) is 91.0 Å². The summed E-state index contributed by atoms with van der Waals surface area (Å²) in [6.45, 7) is 0.729. The summed E-state index contributed by atoms with van der Waals surface area (Å²) in [5.41, 5.74) is 1.81. The Hall–Kier alpha value is -3.20. The first-order valence-corrected chi connectivity index (χ1v) is 10.1. The summed E-state index contributed by atoms with van der Waals surface area (Å²) in [5.74, 6) is -0.0484. The highest BCUT2D eigenvalue weighted by Gasteiger charge is 2.21. The number of rotatable bonds is 6. The van der Waals surface area contributed by atoms with Crippen LogP contribution in [-0.4, -0.2) is 39.3 Å². The van der Waals surface area contributed by atoms with E-state index in [0.717, 1.165) is 30.4 Å². The molecule has 0 radical (unpaired) electrons. The van der Waals surface area contributed by atoms with E-state index < -0.39 is 5.82 Å². The lowest BCUT2D eigenvalue weighted by Crippen LogP contribution is -2.23. The quantitative estimate of drug-likeness (QED) is 0.606. The Labute approximate surface area is 170 Å². The molecule has 2 N–H and O–H groups in total. The second kappa shape index (κ2) is 8.44. The number of carbonyl (C=O) groups is 2. The van der Waals surface area contributed by atoms with Crippen LogP contribution in [0.2, 0.25) is 0 Å². The molecule has 7 nitrogen and oxygen atoms in total. The fraction of sp³-hybridized carbons (Fsp3) is 0.200. The zero-order chi connectivity index (χ0) is 20.2. The summed E-state index contributed by atoms with van der Waals surface area (Å²) in [5, 5.41) is 9.87. The van der Waals surface area contributed by atoms with Gasteiger partial charge in [-0.3, -0.25) is 14.7 Å². The fourth-order valence-electron chi connectivity index (χ4n) is 3.06. The van der Waals surface area contributed by atoms with Crippen molar-refractivity contribution in [3.63, 3.8) is 0 Å². The smallest absolute Gasteiger partial charge is 0.234 e. The van der Waals surface area contributed by atoms with Gasteiger partial charge in [-0.2, -0.15) is 0 Å². The van der Waals surface area contributed by atoms with Crippen LogP contribution in [0.25, 0.3) is 11.4 Å². The molecule has 1 aliphatic heterocycles. The number of aromatic nitrogens is 3. The van der Waals surface area contributed by atoms with Gasteiger partial charge >= 0.3 is 0 Å². The Morgan fingerprint density at radius 1 is 1.21 bits per heavy atom. The lowest BCUT2D eigenvalue weighted by Gasteiger charge is -2.16. The number of thioether (sulfide) groups is 1. The highest BCUT2D eigenvalue weighted by atomic mass is 32.2. The van der Waals surface area contributed by atoms with Crippen molar-refractivity contribution in [2.75, 3.05) is 22.5 Å². The van der Waals surface area contributed by atoms with Crippen molar-refractivity contribution in [1.82, 2.24) is 15.2 Å². The molecule has 0 aliphatic carbocycles. The number of halogens is 1. The van der Waals surface area contributed by atoms with Gasteiger partial charge in [0.05, 0.1) is 11.3 Å². The summed E-state index contributed by atoms with van der Waals surface area (Å²) in [4.78, 5) is 29.9.